The molecule has 0 aliphatic carbocycles. The van der Waals surface area contributed by atoms with Gasteiger partial charge in [-0.1, -0.05) is 18.2 Å². The van der Waals surface area contributed by atoms with E-state index < -0.39 is 58.4 Å². The molecule has 164 valence electrons. The summed E-state index contributed by atoms with van der Waals surface area (Å²) < 4.78 is 10.8. The highest BCUT2D eigenvalue weighted by Gasteiger charge is 2.80. The van der Waals surface area contributed by atoms with E-state index in [4.69, 9.17) is 9.47 Å². The minimum absolute atomic E-state index is 0.0254. The van der Waals surface area contributed by atoms with E-state index in [-0.39, 0.29) is 5.75 Å². The number of carbonyl (C=O) groups excluding carboxylic acids is 4. The summed E-state index contributed by atoms with van der Waals surface area (Å²) in [6.45, 7) is 3.18. The number of hydrogen-bond acceptors (Lipinski definition) is 10. The van der Waals surface area contributed by atoms with E-state index in [1.54, 1.807) is 6.07 Å². The van der Waals surface area contributed by atoms with Crippen LogP contribution in [0.25, 0.3) is 0 Å². The molecule has 1 saturated heterocycles. The number of Topliss-reactive ketones (excluding diaryl/α,β-unsaturated/α-hetero) is 4. The largest absolute Gasteiger partial charge is 0.461 e. The van der Waals surface area contributed by atoms with Crippen LogP contribution in [0.1, 0.15) is 27.7 Å². The summed E-state index contributed by atoms with van der Waals surface area (Å²) in [5.41, 5.74) is -10.2. The molecule has 1 aliphatic rings. The Morgan fingerprint density at radius 3 is 1.80 bits per heavy atom. The Morgan fingerprint density at radius 2 is 1.40 bits per heavy atom. The minimum Gasteiger partial charge on any atom is -0.461 e. The second kappa shape index (κ2) is 7.97. The fraction of sp³-hybridized carbons (Fsp3) is 0.500. The van der Waals surface area contributed by atoms with Gasteiger partial charge in [-0.2, -0.15) is 0 Å². The predicted octanol–water partition coefficient (Wildman–Crippen LogP) is -1.30. The third-order valence-corrected chi connectivity index (χ3v) is 5.40. The van der Waals surface area contributed by atoms with Gasteiger partial charge in [0.15, 0.2) is 28.7 Å². The lowest BCUT2D eigenvalue weighted by Crippen LogP contribution is -2.87. The summed E-state index contributed by atoms with van der Waals surface area (Å²) in [4.78, 5) is 49.3. The van der Waals surface area contributed by atoms with Gasteiger partial charge in [0.2, 0.25) is 17.5 Å². The maximum absolute atomic E-state index is 12.5. The molecule has 0 aromatic heterocycles. The molecule has 0 bridgehead atoms. The standard InChI is InChI=1S/C20H24O10/c1-10(21)15(25)16-18(26,11(2)22)20(28,13(4)24)19(27,12(3)23)17(30-16)29-14-8-6-5-7-9-14/h5-9,15-17,25-28H,1-4H3/t15?,16-,17+,18+,19+,20+/m1/s1. The molecule has 0 saturated carbocycles. The lowest BCUT2D eigenvalue weighted by molar-refractivity contribution is -0.358. The van der Waals surface area contributed by atoms with E-state index >= 15 is 0 Å². The van der Waals surface area contributed by atoms with Crippen LogP contribution in [-0.4, -0.2) is 78.9 Å². The van der Waals surface area contributed by atoms with Crippen LogP contribution >= 0.6 is 0 Å². The van der Waals surface area contributed by atoms with Gasteiger partial charge in [0.05, 0.1) is 0 Å². The van der Waals surface area contributed by atoms with Crippen molar-refractivity contribution in [2.75, 3.05) is 0 Å². The molecule has 1 unspecified atom stereocenters. The van der Waals surface area contributed by atoms with Crippen molar-refractivity contribution in [3.8, 4) is 5.75 Å². The summed E-state index contributed by atoms with van der Waals surface area (Å²) in [5.74, 6) is -4.93. The monoisotopic (exact) mass is 424 g/mol. The molecule has 0 spiro atoms. The van der Waals surface area contributed by atoms with Crippen molar-refractivity contribution < 1.29 is 49.1 Å². The molecular formula is C20H24O10. The number of hydrogen-bond donors (Lipinski definition) is 4. The molecule has 1 heterocycles. The second-order valence-electron chi connectivity index (χ2n) is 7.29. The average molecular weight is 424 g/mol. The molecule has 0 amide bonds. The normalized spacial score (nSPS) is 34.7. The summed E-state index contributed by atoms with van der Waals surface area (Å²) in [6.07, 6.45) is -6.62. The quantitative estimate of drug-likeness (QED) is 0.413. The van der Waals surface area contributed by atoms with E-state index in [1.165, 1.54) is 24.3 Å². The lowest BCUT2D eigenvalue weighted by atomic mass is 9.60. The molecule has 10 nitrogen and oxygen atoms in total. The summed E-state index contributed by atoms with van der Waals surface area (Å²) in [5, 5.41) is 44.0. The van der Waals surface area contributed by atoms with Crippen LogP contribution in [0.2, 0.25) is 0 Å². The van der Waals surface area contributed by atoms with Crippen LogP contribution < -0.4 is 4.74 Å². The molecule has 30 heavy (non-hydrogen) atoms. The fourth-order valence-electron chi connectivity index (χ4n) is 3.66. The molecular weight excluding hydrogens is 400 g/mol. The van der Waals surface area contributed by atoms with Gasteiger partial charge < -0.3 is 29.9 Å². The van der Waals surface area contributed by atoms with E-state index in [1.807, 2.05) is 0 Å². The molecule has 0 radical (unpaired) electrons. The minimum atomic E-state index is -3.52. The van der Waals surface area contributed by atoms with Crippen molar-refractivity contribution in [2.24, 2.45) is 0 Å². The number of ketones is 4. The first kappa shape index (κ1) is 23.8. The van der Waals surface area contributed by atoms with Crippen molar-refractivity contribution in [2.45, 2.75) is 63.0 Å². The zero-order valence-corrected chi connectivity index (χ0v) is 16.9. The van der Waals surface area contributed by atoms with Gasteiger partial charge in [-0.3, -0.25) is 19.2 Å². The fourth-order valence-corrected chi connectivity index (χ4v) is 3.66. The van der Waals surface area contributed by atoms with Crippen molar-refractivity contribution >= 4 is 23.1 Å². The summed E-state index contributed by atoms with van der Waals surface area (Å²) >= 11 is 0. The van der Waals surface area contributed by atoms with Crippen LogP contribution in [0.5, 0.6) is 5.75 Å². The number of aliphatic hydroxyl groups excluding tert-OH is 1. The molecule has 1 aromatic rings. The van der Waals surface area contributed by atoms with Crippen LogP contribution in [0.4, 0.5) is 0 Å². The van der Waals surface area contributed by atoms with Gasteiger partial charge in [0, 0.05) is 0 Å². The van der Waals surface area contributed by atoms with Crippen LogP contribution in [0, 0.1) is 0 Å². The van der Waals surface area contributed by atoms with Crippen LogP contribution in [0.3, 0.4) is 0 Å². The molecule has 2 rings (SSSR count). The first-order chi connectivity index (χ1) is 13.8. The van der Waals surface area contributed by atoms with Crippen molar-refractivity contribution in [3.63, 3.8) is 0 Å². The number of rotatable bonds is 7. The van der Waals surface area contributed by atoms with E-state index in [2.05, 4.69) is 0 Å². The lowest BCUT2D eigenvalue weighted by Gasteiger charge is -2.57. The molecule has 6 atom stereocenters. The zero-order chi connectivity index (χ0) is 23.1. The Balaban J connectivity index is 2.82. The SMILES string of the molecule is CC(=O)C(O)[C@H]1O[C@H](Oc2ccccc2)[C@@](O)(C(C)=O)[C@](O)(C(C)=O)[C@]1(O)C(C)=O. The smallest absolute Gasteiger partial charge is 0.240 e. The molecule has 1 fully saturated rings. The van der Waals surface area contributed by atoms with Gasteiger partial charge in [0.25, 0.3) is 0 Å². The molecule has 1 aromatic carbocycles. The molecule has 1 aliphatic heterocycles. The topological polar surface area (TPSA) is 168 Å². The highest BCUT2D eigenvalue weighted by molar-refractivity contribution is 6.05. The Kier molecular flexibility index (Phi) is 6.32. The Bertz CT molecular complexity index is 868. The molecule has 4 N–H and O–H groups in total. The Labute approximate surface area is 172 Å². The van der Waals surface area contributed by atoms with Gasteiger partial charge >= 0.3 is 0 Å². The number of para-hydroxylation sites is 1. The van der Waals surface area contributed by atoms with Crippen molar-refractivity contribution in [3.05, 3.63) is 30.3 Å². The third-order valence-electron chi connectivity index (χ3n) is 5.40. The maximum atomic E-state index is 12.5. The zero-order valence-electron chi connectivity index (χ0n) is 16.9. The maximum Gasteiger partial charge on any atom is 0.240 e. The summed E-state index contributed by atoms with van der Waals surface area (Å²) in [7, 11) is 0. The first-order valence-corrected chi connectivity index (χ1v) is 9.02. The summed E-state index contributed by atoms with van der Waals surface area (Å²) in [6, 6.07) is 7.51. The third kappa shape index (κ3) is 3.17. The Morgan fingerprint density at radius 1 is 0.900 bits per heavy atom. The average Bonchev–Trinajstić information content (AvgIpc) is 2.67. The Hall–Kier alpha value is -2.50. The van der Waals surface area contributed by atoms with Gasteiger partial charge in [-0.05, 0) is 39.8 Å². The van der Waals surface area contributed by atoms with Crippen molar-refractivity contribution in [1.29, 1.82) is 0 Å². The van der Waals surface area contributed by atoms with E-state index in [0.29, 0.717) is 0 Å². The van der Waals surface area contributed by atoms with Gasteiger partial charge in [-0.25, -0.2) is 0 Å². The highest BCUT2D eigenvalue weighted by Crippen LogP contribution is 2.47. The van der Waals surface area contributed by atoms with Crippen molar-refractivity contribution in [1.82, 2.24) is 0 Å². The highest BCUT2D eigenvalue weighted by atomic mass is 16.7. The second-order valence-corrected chi connectivity index (χ2v) is 7.29. The van der Waals surface area contributed by atoms with Gasteiger partial charge in [0.1, 0.15) is 18.0 Å². The van der Waals surface area contributed by atoms with Gasteiger partial charge in [-0.15, -0.1) is 0 Å². The number of carbonyl (C=O) groups is 4. The van der Waals surface area contributed by atoms with E-state index in [9.17, 15) is 39.6 Å². The van der Waals surface area contributed by atoms with Crippen LogP contribution in [-0.2, 0) is 23.9 Å². The number of ether oxygens (including phenoxy) is 2. The predicted molar refractivity (Wildman–Crippen MR) is 99.3 cm³/mol. The van der Waals surface area contributed by atoms with E-state index in [0.717, 1.165) is 27.7 Å². The molecule has 10 heteroatoms. The number of aliphatic hydroxyl groups is 4. The first-order valence-electron chi connectivity index (χ1n) is 9.02. The van der Waals surface area contributed by atoms with Crippen LogP contribution in [0.15, 0.2) is 30.3 Å². The number of benzene rings is 1.